The lowest BCUT2D eigenvalue weighted by Gasteiger charge is -2.23. The van der Waals surface area contributed by atoms with Gasteiger partial charge in [0.2, 0.25) is 0 Å². The van der Waals surface area contributed by atoms with Gasteiger partial charge in [-0.2, -0.15) is 0 Å². The number of aryl methyl sites for hydroxylation is 1. The number of hydrogen-bond acceptors (Lipinski definition) is 3. The Kier molecular flexibility index (Phi) is 4.37. The molecular weight excluding hydrogens is 234 g/mol. The zero-order chi connectivity index (χ0) is 12.3. The van der Waals surface area contributed by atoms with Gasteiger partial charge in [0, 0.05) is 19.3 Å². The van der Waals surface area contributed by atoms with Crippen LogP contribution in [0.4, 0.5) is 0 Å². The monoisotopic (exact) mass is 253 g/mol. The van der Waals surface area contributed by atoms with E-state index in [2.05, 4.69) is 21.5 Å². The molecule has 0 bridgehead atoms. The minimum atomic E-state index is 0.563. The summed E-state index contributed by atoms with van der Waals surface area (Å²) in [5.41, 5.74) is 5.64. The van der Waals surface area contributed by atoms with Crippen LogP contribution in [0.1, 0.15) is 36.3 Å². The van der Waals surface area contributed by atoms with Gasteiger partial charge in [0.05, 0.1) is 0 Å². The molecule has 1 aromatic rings. The van der Waals surface area contributed by atoms with Gasteiger partial charge in [-0.3, -0.25) is 5.43 Å². The maximum absolute atomic E-state index is 5.97. The summed E-state index contributed by atoms with van der Waals surface area (Å²) in [5, 5.41) is 2.91. The number of rotatable bonds is 2. The Bertz CT molecular complexity index is 381. The third-order valence-corrected chi connectivity index (χ3v) is 3.89. The predicted octanol–water partition coefficient (Wildman–Crippen LogP) is 2.75. The molecule has 1 aromatic heterocycles. The lowest BCUT2D eigenvalue weighted by molar-refractivity contribution is 0.207. The summed E-state index contributed by atoms with van der Waals surface area (Å²) in [4.78, 5) is 4.26. The zero-order valence-electron chi connectivity index (χ0n) is 10.5. The molecule has 1 N–H and O–H groups in total. The van der Waals surface area contributed by atoms with Gasteiger partial charge < -0.3 is 0 Å². The first kappa shape index (κ1) is 12.8. The van der Waals surface area contributed by atoms with E-state index in [0.717, 1.165) is 18.7 Å². The second kappa shape index (κ2) is 5.80. The molecule has 1 aliphatic heterocycles. The van der Waals surface area contributed by atoms with Crippen LogP contribution in [-0.2, 0) is 0 Å². The third kappa shape index (κ3) is 3.18. The number of hydrogen-bond donors (Lipinski definition) is 1. The largest absolute Gasteiger partial charge is 0.258 e. The van der Waals surface area contributed by atoms with E-state index in [0.29, 0.717) is 11.1 Å². The third-order valence-electron chi connectivity index (χ3n) is 3.49. The lowest BCUT2D eigenvalue weighted by atomic mass is 9.95. The minimum Gasteiger partial charge on any atom is -0.258 e. The van der Waals surface area contributed by atoms with E-state index in [1.165, 1.54) is 24.8 Å². The van der Waals surface area contributed by atoms with Crippen molar-refractivity contribution in [2.45, 2.75) is 32.1 Å². The Balaban J connectivity index is 2.16. The molecule has 17 heavy (non-hydrogen) atoms. The molecule has 0 amide bonds. The summed E-state index contributed by atoms with van der Waals surface area (Å²) < 4.78 is 0. The molecular formula is C13H20ClN3. The Hall–Kier alpha value is -0.640. The molecule has 1 saturated heterocycles. The highest BCUT2D eigenvalue weighted by Gasteiger charge is 2.19. The van der Waals surface area contributed by atoms with E-state index in [4.69, 9.17) is 11.6 Å². The van der Waals surface area contributed by atoms with Gasteiger partial charge in [-0.1, -0.05) is 24.1 Å². The van der Waals surface area contributed by atoms with Crippen molar-refractivity contribution in [2.24, 2.45) is 0 Å². The molecule has 1 atom stereocenters. The van der Waals surface area contributed by atoms with E-state index < -0.39 is 0 Å². The summed E-state index contributed by atoms with van der Waals surface area (Å²) in [6.45, 7) is 4.21. The van der Waals surface area contributed by atoms with Gasteiger partial charge in [-0.25, -0.2) is 9.99 Å². The van der Waals surface area contributed by atoms with E-state index in [-0.39, 0.29) is 0 Å². The van der Waals surface area contributed by atoms with Crippen LogP contribution < -0.4 is 5.43 Å². The summed E-state index contributed by atoms with van der Waals surface area (Å²) in [6, 6.07) is 2.18. The van der Waals surface area contributed by atoms with Gasteiger partial charge in [0.15, 0.2) is 0 Å². The number of nitrogens with one attached hydrogen (secondary N) is 1. The molecule has 1 fully saturated rings. The van der Waals surface area contributed by atoms with Crippen LogP contribution in [0.3, 0.4) is 0 Å². The molecule has 0 saturated carbocycles. The second-order valence-corrected chi connectivity index (χ2v) is 5.10. The normalized spacial score (nSPS) is 22.4. The van der Waals surface area contributed by atoms with Gasteiger partial charge in [-0.05, 0) is 43.9 Å². The van der Waals surface area contributed by atoms with Crippen molar-refractivity contribution >= 4 is 11.6 Å². The molecule has 0 spiro atoms. The first-order valence-electron chi connectivity index (χ1n) is 6.25. The molecule has 94 valence electrons. The van der Waals surface area contributed by atoms with Crippen molar-refractivity contribution in [1.82, 2.24) is 15.4 Å². The molecule has 2 heterocycles. The van der Waals surface area contributed by atoms with Gasteiger partial charge in [0.25, 0.3) is 0 Å². The number of hydrazine groups is 1. The average Bonchev–Trinajstić information content (AvgIpc) is 2.58. The highest BCUT2D eigenvalue weighted by Crippen LogP contribution is 2.27. The Morgan fingerprint density at radius 1 is 1.47 bits per heavy atom. The van der Waals surface area contributed by atoms with Crippen LogP contribution in [0.15, 0.2) is 12.3 Å². The average molecular weight is 254 g/mol. The highest BCUT2D eigenvalue weighted by atomic mass is 35.5. The molecule has 0 unspecified atom stereocenters. The van der Waals surface area contributed by atoms with Crippen LogP contribution >= 0.6 is 11.6 Å². The highest BCUT2D eigenvalue weighted by molar-refractivity contribution is 6.30. The van der Waals surface area contributed by atoms with Gasteiger partial charge in [-0.15, -0.1) is 0 Å². The number of halogens is 1. The quantitative estimate of drug-likeness (QED) is 0.822. The SMILES string of the molecule is CNN1CCCC[C@H](c2cnc(Cl)c(C)c2)C1. The molecule has 4 heteroatoms. The van der Waals surface area contributed by atoms with E-state index >= 15 is 0 Å². The van der Waals surface area contributed by atoms with Crippen LogP contribution in [-0.4, -0.2) is 30.1 Å². The van der Waals surface area contributed by atoms with Gasteiger partial charge in [0.1, 0.15) is 5.15 Å². The van der Waals surface area contributed by atoms with Crippen molar-refractivity contribution in [3.05, 3.63) is 28.5 Å². The molecule has 1 aliphatic rings. The topological polar surface area (TPSA) is 28.2 Å². The standard InChI is InChI=1S/C13H20ClN3/c1-10-7-12(8-16-13(10)14)11-5-3-4-6-17(9-11)15-2/h7-8,11,15H,3-6,9H2,1-2H3/t11-/m0/s1. The summed E-state index contributed by atoms with van der Waals surface area (Å²) in [7, 11) is 1.99. The van der Waals surface area contributed by atoms with Crippen molar-refractivity contribution in [2.75, 3.05) is 20.1 Å². The first-order chi connectivity index (χ1) is 8.20. The fraction of sp³-hybridized carbons (Fsp3) is 0.615. The molecule has 3 nitrogen and oxygen atoms in total. The minimum absolute atomic E-state index is 0.563. The summed E-state index contributed by atoms with van der Waals surface area (Å²) >= 11 is 5.97. The van der Waals surface area contributed by atoms with E-state index in [9.17, 15) is 0 Å². The van der Waals surface area contributed by atoms with Gasteiger partial charge >= 0.3 is 0 Å². The first-order valence-corrected chi connectivity index (χ1v) is 6.63. The second-order valence-electron chi connectivity index (χ2n) is 4.74. The van der Waals surface area contributed by atoms with Crippen molar-refractivity contribution < 1.29 is 0 Å². The van der Waals surface area contributed by atoms with E-state index in [1.54, 1.807) is 0 Å². The van der Waals surface area contributed by atoms with Crippen LogP contribution in [0.2, 0.25) is 5.15 Å². The number of pyridine rings is 1. The van der Waals surface area contributed by atoms with Crippen LogP contribution in [0.5, 0.6) is 0 Å². The van der Waals surface area contributed by atoms with Crippen molar-refractivity contribution in [3.63, 3.8) is 0 Å². The lowest BCUT2D eigenvalue weighted by Crippen LogP contribution is -2.37. The number of nitrogens with zero attached hydrogens (tertiary/aromatic N) is 2. The zero-order valence-corrected chi connectivity index (χ0v) is 11.3. The van der Waals surface area contributed by atoms with Crippen molar-refractivity contribution in [3.8, 4) is 0 Å². The number of aromatic nitrogens is 1. The fourth-order valence-electron chi connectivity index (χ4n) is 2.42. The summed E-state index contributed by atoms with van der Waals surface area (Å²) in [5.74, 6) is 0.563. The smallest absolute Gasteiger partial charge is 0.131 e. The van der Waals surface area contributed by atoms with Crippen LogP contribution in [0, 0.1) is 6.92 Å². The molecule has 0 radical (unpaired) electrons. The van der Waals surface area contributed by atoms with Crippen LogP contribution in [0.25, 0.3) is 0 Å². The summed E-state index contributed by atoms with van der Waals surface area (Å²) in [6.07, 6.45) is 5.71. The maximum Gasteiger partial charge on any atom is 0.131 e. The molecule has 0 aromatic carbocycles. The fourth-order valence-corrected chi connectivity index (χ4v) is 2.52. The predicted molar refractivity (Wildman–Crippen MR) is 71.2 cm³/mol. The molecule has 2 rings (SSSR count). The Labute approximate surface area is 108 Å². The maximum atomic E-state index is 5.97. The van der Waals surface area contributed by atoms with Crippen molar-refractivity contribution in [1.29, 1.82) is 0 Å². The van der Waals surface area contributed by atoms with E-state index in [1.807, 2.05) is 20.2 Å². The Morgan fingerprint density at radius 2 is 2.29 bits per heavy atom. The Morgan fingerprint density at radius 3 is 3.00 bits per heavy atom. The molecule has 0 aliphatic carbocycles.